The first-order valence-electron chi connectivity index (χ1n) is 11.7. The number of ether oxygens (including phenoxy) is 2. The van der Waals surface area contributed by atoms with E-state index in [2.05, 4.69) is 5.16 Å². The normalized spacial score (nSPS) is 14.8. The number of fused-ring (bicyclic) bond motifs is 1. The van der Waals surface area contributed by atoms with Gasteiger partial charge in [0.15, 0.2) is 11.5 Å². The van der Waals surface area contributed by atoms with Gasteiger partial charge in [-0.15, -0.1) is 0 Å². The molecule has 1 amide bonds. The molecule has 0 N–H and O–H groups in total. The molecule has 0 spiro atoms. The summed E-state index contributed by atoms with van der Waals surface area (Å²) in [6, 6.07) is 12.2. The Kier molecular flexibility index (Phi) is 7.27. The SMILES string of the molecule is COc1cc2c(cc1OC)C(c1c(F)cccc1Cl)N(C(=O)c1c(-c3c(Cl)cccc3Cl)noc1C)CC2. The van der Waals surface area contributed by atoms with Gasteiger partial charge in [0.05, 0.1) is 30.3 Å². The summed E-state index contributed by atoms with van der Waals surface area (Å²) in [4.78, 5) is 15.9. The van der Waals surface area contributed by atoms with Crippen molar-refractivity contribution in [1.29, 1.82) is 0 Å². The van der Waals surface area contributed by atoms with E-state index in [4.69, 9.17) is 48.8 Å². The average Bonchev–Trinajstić information content (AvgIpc) is 3.27. The van der Waals surface area contributed by atoms with E-state index in [-0.39, 0.29) is 34.1 Å². The second kappa shape index (κ2) is 10.5. The molecular formula is C28H22Cl3FN2O4. The molecule has 10 heteroatoms. The van der Waals surface area contributed by atoms with Crippen LogP contribution in [0.5, 0.6) is 11.5 Å². The van der Waals surface area contributed by atoms with Gasteiger partial charge in [0.25, 0.3) is 5.91 Å². The van der Waals surface area contributed by atoms with Crippen LogP contribution in [0.25, 0.3) is 11.3 Å². The second-order valence-electron chi connectivity index (χ2n) is 8.75. The molecule has 0 saturated heterocycles. The molecule has 1 unspecified atom stereocenters. The van der Waals surface area contributed by atoms with E-state index in [9.17, 15) is 4.79 Å². The molecule has 6 nitrogen and oxygen atoms in total. The Morgan fingerprint density at radius 2 is 1.66 bits per heavy atom. The zero-order valence-corrected chi connectivity index (χ0v) is 22.9. The largest absolute Gasteiger partial charge is 0.493 e. The quantitative estimate of drug-likeness (QED) is 0.246. The first-order chi connectivity index (χ1) is 18.3. The van der Waals surface area contributed by atoms with Gasteiger partial charge in [0.1, 0.15) is 22.8 Å². The number of methoxy groups -OCH3 is 2. The van der Waals surface area contributed by atoms with E-state index in [1.54, 1.807) is 49.3 Å². The number of carbonyl (C=O) groups excluding carboxylic acids is 1. The molecule has 0 bridgehead atoms. The summed E-state index contributed by atoms with van der Waals surface area (Å²) in [6.45, 7) is 1.89. The Bertz CT molecular complexity index is 1520. The van der Waals surface area contributed by atoms with E-state index in [1.165, 1.54) is 19.2 Å². The Morgan fingerprint density at radius 1 is 1.03 bits per heavy atom. The third kappa shape index (κ3) is 4.38. The van der Waals surface area contributed by atoms with Gasteiger partial charge in [0, 0.05) is 22.7 Å². The summed E-state index contributed by atoms with van der Waals surface area (Å²) in [5, 5.41) is 4.94. The van der Waals surface area contributed by atoms with Gasteiger partial charge in [-0.3, -0.25) is 4.79 Å². The third-order valence-electron chi connectivity index (χ3n) is 6.68. The molecule has 1 aliphatic heterocycles. The number of aryl methyl sites for hydroxylation is 1. The Morgan fingerprint density at radius 3 is 2.32 bits per heavy atom. The van der Waals surface area contributed by atoms with Gasteiger partial charge in [0.2, 0.25) is 0 Å². The van der Waals surface area contributed by atoms with Crippen molar-refractivity contribution in [1.82, 2.24) is 10.1 Å². The van der Waals surface area contributed by atoms with Crippen molar-refractivity contribution in [2.75, 3.05) is 20.8 Å². The number of halogens is 4. The smallest absolute Gasteiger partial charge is 0.260 e. The lowest BCUT2D eigenvalue weighted by molar-refractivity contribution is 0.0690. The van der Waals surface area contributed by atoms with Gasteiger partial charge < -0.3 is 18.9 Å². The number of aromatic nitrogens is 1. The van der Waals surface area contributed by atoms with Crippen LogP contribution in [0, 0.1) is 12.7 Å². The molecule has 3 aromatic carbocycles. The maximum atomic E-state index is 15.4. The molecule has 1 atom stereocenters. The molecule has 2 heterocycles. The molecule has 0 saturated carbocycles. The van der Waals surface area contributed by atoms with Crippen molar-refractivity contribution in [3.8, 4) is 22.8 Å². The van der Waals surface area contributed by atoms with Gasteiger partial charge >= 0.3 is 0 Å². The van der Waals surface area contributed by atoms with Crippen LogP contribution in [-0.4, -0.2) is 36.7 Å². The average molecular weight is 576 g/mol. The fraction of sp³-hybridized carbons (Fsp3) is 0.214. The monoisotopic (exact) mass is 574 g/mol. The summed E-state index contributed by atoms with van der Waals surface area (Å²) in [5.41, 5.74) is 2.48. The molecule has 1 aliphatic rings. The topological polar surface area (TPSA) is 64.8 Å². The summed E-state index contributed by atoms with van der Waals surface area (Å²) < 4.78 is 31.9. The standard InChI is InChI=1S/C28H22Cl3FN2O4/c1-14-23(26(33-38-14)24-17(29)6-4-7-18(24)30)28(35)34-11-10-15-12-21(36-2)22(37-3)13-16(15)27(34)25-19(31)8-5-9-20(25)32/h4-9,12-13,27H,10-11H2,1-3H3. The van der Waals surface area contributed by atoms with Crippen LogP contribution < -0.4 is 9.47 Å². The minimum Gasteiger partial charge on any atom is -0.493 e. The van der Waals surface area contributed by atoms with Crippen LogP contribution in [0.15, 0.2) is 53.1 Å². The summed E-state index contributed by atoms with van der Waals surface area (Å²) in [5.74, 6) is 0.286. The van der Waals surface area contributed by atoms with Gasteiger partial charge in [-0.05, 0) is 60.9 Å². The minimum atomic E-state index is -0.872. The lowest BCUT2D eigenvalue weighted by atomic mass is 9.86. The van der Waals surface area contributed by atoms with Crippen LogP contribution in [0.1, 0.15) is 38.9 Å². The molecule has 0 fully saturated rings. The van der Waals surface area contributed by atoms with Crippen LogP contribution in [0.2, 0.25) is 15.1 Å². The predicted octanol–water partition coefficient (Wildman–Crippen LogP) is 7.55. The number of amides is 1. The maximum Gasteiger partial charge on any atom is 0.260 e. The summed E-state index contributed by atoms with van der Waals surface area (Å²) in [6.07, 6.45) is 0.483. The lowest BCUT2D eigenvalue weighted by Gasteiger charge is -2.38. The summed E-state index contributed by atoms with van der Waals surface area (Å²) in [7, 11) is 3.06. The highest BCUT2D eigenvalue weighted by Gasteiger charge is 2.39. The van der Waals surface area contributed by atoms with Gasteiger partial charge in [-0.2, -0.15) is 0 Å². The van der Waals surface area contributed by atoms with E-state index in [0.29, 0.717) is 39.1 Å². The van der Waals surface area contributed by atoms with Crippen LogP contribution in [-0.2, 0) is 6.42 Å². The molecule has 4 aromatic rings. The van der Waals surface area contributed by atoms with Crippen LogP contribution in [0.4, 0.5) is 4.39 Å². The van der Waals surface area contributed by atoms with Crippen molar-refractivity contribution in [3.05, 3.63) is 97.4 Å². The Hall–Kier alpha value is -3.26. The van der Waals surface area contributed by atoms with E-state index < -0.39 is 17.8 Å². The fourth-order valence-corrected chi connectivity index (χ4v) is 5.75. The molecule has 5 rings (SSSR count). The van der Waals surface area contributed by atoms with E-state index >= 15 is 4.39 Å². The predicted molar refractivity (Wildman–Crippen MR) is 144 cm³/mol. The Labute approximate surface area is 233 Å². The van der Waals surface area contributed by atoms with Crippen molar-refractivity contribution in [3.63, 3.8) is 0 Å². The lowest BCUT2D eigenvalue weighted by Crippen LogP contribution is -2.41. The molecular weight excluding hydrogens is 554 g/mol. The zero-order valence-electron chi connectivity index (χ0n) is 20.6. The third-order valence-corrected chi connectivity index (χ3v) is 7.64. The Balaban J connectivity index is 1.72. The van der Waals surface area contributed by atoms with Gasteiger partial charge in [-0.25, -0.2) is 4.39 Å². The fourth-order valence-electron chi connectivity index (χ4n) is 4.91. The van der Waals surface area contributed by atoms with E-state index in [0.717, 1.165) is 5.56 Å². The van der Waals surface area contributed by atoms with Crippen LogP contribution in [0.3, 0.4) is 0 Å². The molecule has 0 radical (unpaired) electrons. The van der Waals surface area contributed by atoms with Crippen molar-refractivity contribution >= 4 is 40.7 Å². The second-order valence-corrected chi connectivity index (χ2v) is 9.97. The number of hydrogen-bond donors (Lipinski definition) is 0. The number of benzene rings is 3. The molecule has 0 aliphatic carbocycles. The highest BCUT2D eigenvalue weighted by Crippen LogP contribution is 2.45. The first kappa shape index (κ1) is 26.4. The zero-order chi connectivity index (χ0) is 27.1. The van der Waals surface area contributed by atoms with Crippen molar-refractivity contribution in [2.24, 2.45) is 0 Å². The maximum absolute atomic E-state index is 15.4. The van der Waals surface area contributed by atoms with E-state index in [1.807, 2.05) is 6.07 Å². The highest BCUT2D eigenvalue weighted by atomic mass is 35.5. The molecule has 38 heavy (non-hydrogen) atoms. The number of rotatable bonds is 5. The number of nitrogens with zero attached hydrogens (tertiary/aromatic N) is 2. The van der Waals surface area contributed by atoms with Crippen LogP contribution >= 0.6 is 34.8 Å². The molecule has 196 valence electrons. The highest BCUT2D eigenvalue weighted by molar-refractivity contribution is 6.39. The minimum absolute atomic E-state index is 0.169. The molecule has 1 aromatic heterocycles. The number of hydrogen-bond acceptors (Lipinski definition) is 5. The first-order valence-corrected chi connectivity index (χ1v) is 12.8. The van der Waals surface area contributed by atoms with Gasteiger partial charge in [-0.1, -0.05) is 52.1 Å². The van der Waals surface area contributed by atoms with Crippen molar-refractivity contribution < 1.29 is 23.2 Å². The van der Waals surface area contributed by atoms with Crippen molar-refractivity contribution in [2.45, 2.75) is 19.4 Å². The summed E-state index contributed by atoms with van der Waals surface area (Å²) >= 11 is 19.5. The number of carbonyl (C=O) groups is 1.